The number of benzene rings is 2. The van der Waals surface area contributed by atoms with Gasteiger partial charge in [-0.3, -0.25) is 4.79 Å². The lowest BCUT2D eigenvalue weighted by Gasteiger charge is -2.08. The van der Waals surface area contributed by atoms with E-state index in [-0.39, 0.29) is 17.8 Å². The summed E-state index contributed by atoms with van der Waals surface area (Å²) in [4.78, 5) is 24.1. The third-order valence-electron chi connectivity index (χ3n) is 3.83. The largest absolute Gasteiger partial charge is 0.497 e. The maximum absolute atomic E-state index is 12.6. The van der Waals surface area contributed by atoms with Gasteiger partial charge in [0, 0.05) is 6.07 Å². The minimum Gasteiger partial charge on any atom is -0.497 e. The van der Waals surface area contributed by atoms with E-state index < -0.39 is 5.97 Å². The van der Waals surface area contributed by atoms with Crippen LogP contribution in [0.15, 0.2) is 57.9 Å². The highest BCUT2D eigenvalue weighted by atomic mass is 16.6. The van der Waals surface area contributed by atoms with E-state index in [0.717, 1.165) is 6.42 Å². The smallest absolute Gasteiger partial charge is 0.344 e. The monoisotopic (exact) mass is 384 g/mol. The van der Waals surface area contributed by atoms with Crippen LogP contribution in [-0.4, -0.2) is 26.3 Å². The molecule has 0 aliphatic carbocycles. The molecule has 1 aromatic heterocycles. The van der Waals surface area contributed by atoms with E-state index >= 15 is 0 Å². The first-order chi connectivity index (χ1) is 13.6. The van der Waals surface area contributed by atoms with E-state index in [2.05, 4.69) is 0 Å². The highest BCUT2D eigenvalue weighted by Gasteiger charge is 2.11. The molecule has 0 saturated carbocycles. The van der Waals surface area contributed by atoms with E-state index in [4.69, 9.17) is 23.4 Å². The molecule has 0 N–H and O–H groups in total. The highest BCUT2D eigenvalue weighted by molar-refractivity contribution is 5.79. The summed E-state index contributed by atoms with van der Waals surface area (Å²) >= 11 is 0. The summed E-state index contributed by atoms with van der Waals surface area (Å²) in [5, 5.41) is 0.340. The molecule has 0 spiro atoms. The minimum absolute atomic E-state index is 0.0643. The van der Waals surface area contributed by atoms with Gasteiger partial charge in [0.1, 0.15) is 29.1 Å². The predicted molar refractivity (Wildman–Crippen MR) is 102 cm³/mol. The molecule has 3 rings (SSSR count). The third kappa shape index (κ3) is 4.62. The van der Waals surface area contributed by atoms with Crippen LogP contribution in [0.25, 0.3) is 11.0 Å². The maximum atomic E-state index is 12.6. The number of hydrogen-bond donors (Lipinski definition) is 0. The summed E-state index contributed by atoms with van der Waals surface area (Å²) in [6.07, 6.45) is 1.99. The summed E-state index contributed by atoms with van der Waals surface area (Å²) in [7, 11) is 1.57. The van der Waals surface area contributed by atoms with E-state index in [1.807, 2.05) is 6.92 Å². The molecule has 0 unspecified atom stereocenters. The van der Waals surface area contributed by atoms with Crippen LogP contribution in [0.2, 0.25) is 0 Å². The van der Waals surface area contributed by atoms with Crippen LogP contribution < -0.4 is 19.6 Å². The van der Waals surface area contributed by atoms with Gasteiger partial charge in [-0.1, -0.05) is 6.92 Å². The summed E-state index contributed by atoms with van der Waals surface area (Å²) < 4.78 is 26.5. The van der Waals surface area contributed by atoms with Crippen LogP contribution in [0.5, 0.6) is 23.0 Å². The first-order valence-electron chi connectivity index (χ1n) is 8.76. The molecule has 0 atom stereocenters. The van der Waals surface area contributed by atoms with Crippen molar-refractivity contribution in [3.8, 4) is 23.0 Å². The van der Waals surface area contributed by atoms with Crippen molar-refractivity contribution in [3.63, 3.8) is 0 Å². The second-order valence-corrected chi connectivity index (χ2v) is 5.87. The Morgan fingerprint density at radius 1 is 1.04 bits per heavy atom. The Kier molecular flexibility index (Phi) is 6.16. The van der Waals surface area contributed by atoms with Crippen LogP contribution in [0, 0.1) is 0 Å². The second kappa shape index (κ2) is 8.94. The van der Waals surface area contributed by atoms with Gasteiger partial charge in [-0.15, -0.1) is 0 Å². The molecule has 0 aliphatic heterocycles. The fourth-order valence-corrected chi connectivity index (χ4v) is 2.42. The van der Waals surface area contributed by atoms with Gasteiger partial charge in [0.15, 0.2) is 6.61 Å². The first kappa shape index (κ1) is 19.3. The summed E-state index contributed by atoms with van der Waals surface area (Å²) in [6, 6.07) is 11.5. The Bertz CT molecular complexity index is 1010. The Hall–Kier alpha value is -3.48. The molecule has 0 amide bonds. The molecule has 3 aromatic rings. The van der Waals surface area contributed by atoms with Gasteiger partial charge in [0.25, 0.3) is 0 Å². The van der Waals surface area contributed by atoms with Crippen molar-refractivity contribution >= 4 is 16.9 Å². The fourth-order valence-electron chi connectivity index (χ4n) is 2.42. The van der Waals surface area contributed by atoms with Crippen molar-refractivity contribution in [1.29, 1.82) is 0 Å². The number of carbonyl (C=O) groups is 1. The lowest BCUT2D eigenvalue weighted by Crippen LogP contribution is -2.15. The summed E-state index contributed by atoms with van der Waals surface area (Å²) in [5.41, 5.74) is 0.0116. The maximum Gasteiger partial charge on any atom is 0.344 e. The van der Waals surface area contributed by atoms with Gasteiger partial charge in [-0.05, 0) is 42.8 Å². The average Bonchev–Trinajstić information content (AvgIpc) is 2.73. The summed E-state index contributed by atoms with van der Waals surface area (Å²) in [6.45, 7) is 2.05. The number of hydrogen-bond acceptors (Lipinski definition) is 7. The Balaban J connectivity index is 1.74. The molecule has 0 radical (unpaired) electrons. The molecular formula is C21H20O7. The lowest BCUT2D eigenvalue weighted by atomic mass is 10.2. The van der Waals surface area contributed by atoms with Gasteiger partial charge in [0.2, 0.25) is 11.2 Å². The average molecular weight is 384 g/mol. The van der Waals surface area contributed by atoms with Crippen molar-refractivity contribution in [1.82, 2.24) is 0 Å². The molecule has 0 bridgehead atoms. The zero-order chi connectivity index (χ0) is 19.9. The zero-order valence-corrected chi connectivity index (χ0v) is 15.6. The van der Waals surface area contributed by atoms with Crippen molar-refractivity contribution in [2.24, 2.45) is 0 Å². The molecule has 7 heteroatoms. The Morgan fingerprint density at radius 2 is 1.75 bits per heavy atom. The van der Waals surface area contributed by atoms with Gasteiger partial charge >= 0.3 is 5.97 Å². The molecule has 2 aromatic carbocycles. The van der Waals surface area contributed by atoms with E-state index in [1.165, 1.54) is 6.26 Å². The van der Waals surface area contributed by atoms with Crippen molar-refractivity contribution in [2.45, 2.75) is 13.3 Å². The predicted octanol–water partition coefficient (Wildman–Crippen LogP) is 3.93. The number of fused-ring (bicyclic) bond motifs is 1. The number of esters is 1. The Morgan fingerprint density at radius 3 is 2.46 bits per heavy atom. The Labute approximate surface area is 161 Å². The molecule has 7 nitrogen and oxygen atoms in total. The van der Waals surface area contributed by atoms with Crippen LogP contribution in [0.4, 0.5) is 0 Å². The third-order valence-corrected chi connectivity index (χ3v) is 3.83. The quantitative estimate of drug-likeness (QED) is 0.544. The molecule has 0 fully saturated rings. The number of carbonyl (C=O) groups excluding carboxylic acids is 1. The molecule has 1 heterocycles. The normalized spacial score (nSPS) is 10.5. The van der Waals surface area contributed by atoms with Crippen molar-refractivity contribution in [2.75, 3.05) is 20.3 Å². The fraction of sp³-hybridized carbons (Fsp3) is 0.238. The van der Waals surface area contributed by atoms with Gasteiger partial charge in [-0.25, -0.2) is 4.79 Å². The van der Waals surface area contributed by atoms with E-state index in [9.17, 15) is 9.59 Å². The summed E-state index contributed by atoms with van der Waals surface area (Å²) in [5.74, 6) is 1.18. The number of methoxy groups -OCH3 is 1. The van der Waals surface area contributed by atoms with Gasteiger partial charge in [-0.2, -0.15) is 0 Å². The zero-order valence-electron chi connectivity index (χ0n) is 15.6. The molecule has 28 heavy (non-hydrogen) atoms. The number of ether oxygens (including phenoxy) is 4. The number of rotatable bonds is 8. The van der Waals surface area contributed by atoms with E-state index in [1.54, 1.807) is 49.6 Å². The minimum atomic E-state index is -0.452. The van der Waals surface area contributed by atoms with Gasteiger partial charge in [0.05, 0.1) is 19.1 Å². The SMILES string of the molecule is CCCOC(=O)COc1ccc2c(=O)c(Oc3ccc(OC)cc3)coc2c1. The van der Waals surface area contributed by atoms with Crippen LogP contribution in [-0.2, 0) is 9.53 Å². The van der Waals surface area contributed by atoms with Crippen LogP contribution in [0.1, 0.15) is 13.3 Å². The molecule has 146 valence electrons. The molecular weight excluding hydrogens is 364 g/mol. The first-order valence-corrected chi connectivity index (χ1v) is 8.76. The van der Waals surface area contributed by atoms with Crippen molar-refractivity contribution < 1.29 is 28.2 Å². The molecule has 0 aliphatic rings. The lowest BCUT2D eigenvalue weighted by molar-refractivity contribution is -0.146. The highest BCUT2D eigenvalue weighted by Crippen LogP contribution is 2.25. The van der Waals surface area contributed by atoms with Crippen molar-refractivity contribution in [3.05, 3.63) is 59.0 Å². The second-order valence-electron chi connectivity index (χ2n) is 5.87. The van der Waals surface area contributed by atoms with Crippen LogP contribution in [0.3, 0.4) is 0 Å². The van der Waals surface area contributed by atoms with Crippen LogP contribution >= 0.6 is 0 Å². The van der Waals surface area contributed by atoms with Gasteiger partial charge < -0.3 is 23.4 Å². The molecule has 0 saturated heterocycles. The van der Waals surface area contributed by atoms with E-state index in [0.29, 0.717) is 34.8 Å². The topological polar surface area (TPSA) is 84.2 Å². The standard InChI is InChI=1S/C21H20O7/c1-3-10-25-20(22)13-26-16-8-9-17-18(11-16)27-12-19(21(17)23)28-15-6-4-14(24-2)5-7-15/h4-9,11-12H,3,10,13H2,1-2H3.